The smallest absolute Gasteiger partial charge is 0.207 e. The Labute approximate surface area is 43.2 Å². The van der Waals surface area contributed by atoms with Crippen molar-refractivity contribution in [3.05, 3.63) is 12.2 Å². The quantitative estimate of drug-likeness (QED) is 0.308. The molecule has 0 saturated carbocycles. The van der Waals surface area contributed by atoms with Crippen LogP contribution < -0.4 is 5.32 Å². The SMILES string of the molecule is C/C=C/CNC=O. The summed E-state index contributed by atoms with van der Waals surface area (Å²) in [6, 6.07) is 0. The summed E-state index contributed by atoms with van der Waals surface area (Å²) in [6.07, 6.45) is 4.44. The normalized spacial score (nSPS) is 9.29. The second-order valence-electron chi connectivity index (χ2n) is 1.10. The van der Waals surface area contributed by atoms with Crippen molar-refractivity contribution in [1.29, 1.82) is 0 Å². The van der Waals surface area contributed by atoms with E-state index in [-0.39, 0.29) is 0 Å². The molecule has 0 aliphatic carbocycles. The summed E-state index contributed by atoms with van der Waals surface area (Å²) < 4.78 is 0. The van der Waals surface area contributed by atoms with Crippen molar-refractivity contribution in [2.45, 2.75) is 6.92 Å². The lowest BCUT2D eigenvalue weighted by Gasteiger charge is -1.83. The number of allylic oxidation sites excluding steroid dienone is 1. The highest BCUT2D eigenvalue weighted by molar-refractivity contribution is 5.46. The minimum Gasteiger partial charge on any atom is -0.355 e. The second-order valence-corrected chi connectivity index (χ2v) is 1.10. The number of carbonyl (C=O) groups is 1. The zero-order valence-corrected chi connectivity index (χ0v) is 4.35. The van der Waals surface area contributed by atoms with Crippen LogP contribution in [0.1, 0.15) is 6.92 Å². The number of rotatable bonds is 3. The number of nitrogens with one attached hydrogen (secondary N) is 1. The van der Waals surface area contributed by atoms with Gasteiger partial charge in [-0.1, -0.05) is 12.2 Å². The highest BCUT2D eigenvalue weighted by Crippen LogP contribution is 1.62. The Morgan fingerprint density at radius 2 is 2.43 bits per heavy atom. The molecule has 0 bridgehead atoms. The number of hydrogen-bond acceptors (Lipinski definition) is 1. The molecule has 2 heteroatoms. The van der Waals surface area contributed by atoms with E-state index in [0.29, 0.717) is 13.0 Å². The first-order valence-electron chi connectivity index (χ1n) is 2.20. The Kier molecular flexibility index (Phi) is 4.62. The van der Waals surface area contributed by atoms with Gasteiger partial charge in [-0.2, -0.15) is 0 Å². The Morgan fingerprint density at radius 3 is 2.86 bits per heavy atom. The molecule has 0 aliphatic rings. The van der Waals surface area contributed by atoms with Crippen LogP contribution in [-0.4, -0.2) is 13.0 Å². The Morgan fingerprint density at radius 1 is 1.71 bits per heavy atom. The summed E-state index contributed by atoms with van der Waals surface area (Å²) in [5, 5.41) is 2.48. The van der Waals surface area contributed by atoms with Crippen LogP contribution in [-0.2, 0) is 4.79 Å². The van der Waals surface area contributed by atoms with Crippen molar-refractivity contribution in [2.75, 3.05) is 6.54 Å². The molecular weight excluding hydrogens is 90.1 g/mol. The standard InChI is InChI=1S/C5H9NO/c1-2-3-4-6-5-7/h2-3,5H,4H2,1H3,(H,6,7)/b3-2+. The van der Waals surface area contributed by atoms with Gasteiger partial charge in [0, 0.05) is 6.54 Å². The minimum atomic E-state index is 0.639. The van der Waals surface area contributed by atoms with Crippen molar-refractivity contribution in [1.82, 2.24) is 5.32 Å². The van der Waals surface area contributed by atoms with Gasteiger partial charge in [0.05, 0.1) is 0 Å². The van der Waals surface area contributed by atoms with Gasteiger partial charge in [0.2, 0.25) is 6.41 Å². The Balaban J connectivity index is 2.82. The van der Waals surface area contributed by atoms with Crippen LogP contribution in [0.4, 0.5) is 0 Å². The van der Waals surface area contributed by atoms with E-state index < -0.39 is 0 Å². The van der Waals surface area contributed by atoms with E-state index in [1.807, 2.05) is 19.1 Å². The molecule has 40 valence electrons. The highest BCUT2D eigenvalue weighted by atomic mass is 16.1. The lowest BCUT2D eigenvalue weighted by atomic mass is 10.5. The fraction of sp³-hybridized carbons (Fsp3) is 0.400. The van der Waals surface area contributed by atoms with E-state index in [2.05, 4.69) is 5.32 Å². The molecule has 0 rings (SSSR count). The van der Waals surface area contributed by atoms with Crippen molar-refractivity contribution in [3.63, 3.8) is 0 Å². The summed E-state index contributed by atoms with van der Waals surface area (Å²) in [6.45, 7) is 2.55. The van der Waals surface area contributed by atoms with Crippen LogP contribution >= 0.6 is 0 Å². The fourth-order valence-electron chi connectivity index (χ4n) is 0.234. The maximum Gasteiger partial charge on any atom is 0.207 e. The molecule has 2 nitrogen and oxygen atoms in total. The fourth-order valence-corrected chi connectivity index (χ4v) is 0.234. The van der Waals surface area contributed by atoms with E-state index in [4.69, 9.17) is 0 Å². The summed E-state index contributed by atoms with van der Waals surface area (Å²) in [7, 11) is 0. The summed E-state index contributed by atoms with van der Waals surface area (Å²) in [5.41, 5.74) is 0. The third-order valence-corrected chi connectivity index (χ3v) is 0.555. The van der Waals surface area contributed by atoms with Crippen LogP contribution in [0.15, 0.2) is 12.2 Å². The van der Waals surface area contributed by atoms with Crippen molar-refractivity contribution < 1.29 is 4.79 Å². The van der Waals surface area contributed by atoms with Crippen LogP contribution in [0.25, 0.3) is 0 Å². The molecule has 0 atom stereocenters. The van der Waals surface area contributed by atoms with Crippen LogP contribution in [0, 0.1) is 0 Å². The zero-order chi connectivity index (χ0) is 5.54. The van der Waals surface area contributed by atoms with Gasteiger partial charge in [-0.05, 0) is 6.92 Å². The number of amides is 1. The van der Waals surface area contributed by atoms with Crippen molar-refractivity contribution >= 4 is 6.41 Å². The zero-order valence-electron chi connectivity index (χ0n) is 4.35. The van der Waals surface area contributed by atoms with Gasteiger partial charge < -0.3 is 5.32 Å². The first-order chi connectivity index (χ1) is 3.41. The van der Waals surface area contributed by atoms with Gasteiger partial charge in [-0.3, -0.25) is 4.79 Å². The second kappa shape index (κ2) is 5.21. The molecule has 1 N–H and O–H groups in total. The molecule has 0 saturated heterocycles. The maximum atomic E-state index is 9.53. The third-order valence-electron chi connectivity index (χ3n) is 0.555. The van der Waals surface area contributed by atoms with E-state index >= 15 is 0 Å². The molecule has 0 aromatic rings. The molecule has 0 unspecified atom stereocenters. The molecule has 0 spiro atoms. The Hall–Kier alpha value is -0.790. The molecule has 0 aromatic heterocycles. The lowest BCUT2D eigenvalue weighted by Crippen LogP contribution is -2.08. The average molecular weight is 99.1 g/mol. The molecule has 0 heterocycles. The predicted molar refractivity (Wildman–Crippen MR) is 28.9 cm³/mol. The molecular formula is C5H9NO. The molecule has 7 heavy (non-hydrogen) atoms. The van der Waals surface area contributed by atoms with Gasteiger partial charge in [-0.15, -0.1) is 0 Å². The lowest BCUT2D eigenvalue weighted by molar-refractivity contribution is -0.109. The molecule has 0 aliphatic heterocycles. The van der Waals surface area contributed by atoms with E-state index in [1.165, 1.54) is 0 Å². The minimum absolute atomic E-state index is 0.639. The molecule has 0 radical (unpaired) electrons. The molecule has 0 aromatic carbocycles. The van der Waals surface area contributed by atoms with Crippen molar-refractivity contribution in [2.24, 2.45) is 0 Å². The average Bonchev–Trinajstić information content (AvgIpc) is 1.69. The van der Waals surface area contributed by atoms with Gasteiger partial charge in [0.1, 0.15) is 0 Å². The number of hydrogen-bond donors (Lipinski definition) is 1. The third kappa shape index (κ3) is 5.21. The highest BCUT2D eigenvalue weighted by Gasteiger charge is 1.66. The Bertz CT molecular complexity index is 68.5. The van der Waals surface area contributed by atoms with Crippen molar-refractivity contribution in [3.8, 4) is 0 Å². The summed E-state index contributed by atoms with van der Waals surface area (Å²) in [4.78, 5) is 9.53. The van der Waals surface area contributed by atoms with Crippen LogP contribution in [0.3, 0.4) is 0 Å². The first-order valence-corrected chi connectivity index (χ1v) is 2.20. The van der Waals surface area contributed by atoms with Crippen LogP contribution in [0.5, 0.6) is 0 Å². The van der Waals surface area contributed by atoms with Crippen LogP contribution in [0.2, 0.25) is 0 Å². The van der Waals surface area contributed by atoms with E-state index in [1.54, 1.807) is 0 Å². The molecule has 1 amide bonds. The van der Waals surface area contributed by atoms with Gasteiger partial charge in [0.25, 0.3) is 0 Å². The maximum absolute atomic E-state index is 9.53. The van der Waals surface area contributed by atoms with E-state index in [9.17, 15) is 4.79 Å². The van der Waals surface area contributed by atoms with E-state index in [0.717, 1.165) is 0 Å². The largest absolute Gasteiger partial charge is 0.355 e. The topological polar surface area (TPSA) is 29.1 Å². The van der Waals surface area contributed by atoms with Gasteiger partial charge in [-0.25, -0.2) is 0 Å². The van der Waals surface area contributed by atoms with Gasteiger partial charge >= 0.3 is 0 Å². The monoisotopic (exact) mass is 99.1 g/mol. The molecule has 0 fully saturated rings. The summed E-state index contributed by atoms with van der Waals surface area (Å²) in [5.74, 6) is 0. The first kappa shape index (κ1) is 6.21. The number of carbonyl (C=O) groups excluding carboxylic acids is 1. The predicted octanol–water partition coefficient (Wildman–Crippen LogP) is 0.309. The van der Waals surface area contributed by atoms with Gasteiger partial charge in [0.15, 0.2) is 0 Å². The summed E-state index contributed by atoms with van der Waals surface area (Å²) >= 11 is 0.